The molecule has 0 saturated carbocycles. The third-order valence-corrected chi connectivity index (χ3v) is 4.19. The molecular weight excluding hydrogens is 379 g/mol. The molecule has 0 aliphatic rings. The second kappa shape index (κ2) is 7.50. The number of fused-ring (bicyclic) bond motifs is 1. The van der Waals surface area contributed by atoms with Gasteiger partial charge in [-0.2, -0.15) is 0 Å². The molecule has 1 amide bonds. The first-order valence-electron chi connectivity index (χ1n) is 8.57. The highest BCUT2D eigenvalue weighted by atomic mass is 19.1. The number of carbonyl (C=O) groups excluding carboxylic acids is 1. The monoisotopic (exact) mass is 394 g/mol. The lowest BCUT2D eigenvalue weighted by Gasteiger charge is -2.09. The number of anilines is 1. The summed E-state index contributed by atoms with van der Waals surface area (Å²) in [6, 6.07) is 12.7. The fraction of sp³-hybridized carbons (Fsp3) is 0.105. The molecule has 0 bridgehead atoms. The molecule has 0 fully saturated rings. The second-order valence-electron chi connectivity index (χ2n) is 6.11. The SMILES string of the molecule is COc1ccccc1NC(=O)c1nc2c(nnn2Cc2ccc(F)cc2)c(=O)[nH]1. The van der Waals surface area contributed by atoms with Crippen LogP contribution in [0.4, 0.5) is 10.1 Å². The number of hydrogen-bond acceptors (Lipinski definition) is 6. The molecule has 0 aliphatic carbocycles. The largest absolute Gasteiger partial charge is 0.495 e. The molecule has 2 N–H and O–H groups in total. The van der Waals surface area contributed by atoms with E-state index in [-0.39, 0.29) is 29.4 Å². The summed E-state index contributed by atoms with van der Waals surface area (Å²) in [4.78, 5) is 31.6. The van der Waals surface area contributed by atoms with Gasteiger partial charge in [0, 0.05) is 0 Å². The molecule has 2 heterocycles. The van der Waals surface area contributed by atoms with Gasteiger partial charge in [-0.05, 0) is 29.8 Å². The van der Waals surface area contributed by atoms with Crippen molar-refractivity contribution in [2.45, 2.75) is 6.54 Å². The van der Waals surface area contributed by atoms with Gasteiger partial charge in [-0.15, -0.1) is 5.10 Å². The summed E-state index contributed by atoms with van der Waals surface area (Å²) >= 11 is 0. The summed E-state index contributed by atoms with van der Waals surface area (Å²) in [6.45, 7) is 0.209. The highest BCUT2D eigenvalue weighted by Crippen LogP contribution is 2.23. The minimum Gasteiger partial charge on any atom is -0.495 e. The molecule has 2 aromatic carbocycles. The van der Waals surface area contributed by atoms with Crippen molar-refractivity contribution in [2.24, 2.45) is 0 Å². The highest BCUT2D eigenvalue weighted by molar-refractivity contribution is 6.03. The van der Waals surface area contributed by atoms with Crippen LogP contribution in [-0.2, 0) is 6.54 Å². The molecule has 4 aromatic rings. The van der Waals surface area contributed by atoms with Gasteiger partial charge in [-0.1, -0.05) is 29.5 Å². The van der Waals surface area contributed by atoms with Crippen molar-refractivity contribution in [1.29, 1.82) is 0 Å². The maximum atomic E-state index is 13.1. The van der Waals surface area contributed by atoms with Crippen molar-refractivity contribution in [1.82, 2.24) is 25.0 Å². The van der Waals surface area contributed by atoms with Crippen LogP contribution in [0.1, 0.15) is 16.2 Å². The maximum Gasteiger partial charge on any atom is 0.291 e. The normalized spacial score (nSPS) is 10.8. The Labute approximate surface area is 163 Å². The van der Waals surface area contributed by atoms with E-state index in [0.29, 0.717) is 11.4 Å². The van der Waals surface area contributed by atoms with Crippen LogP contribution in [0.2, 0.25) is 0 Å². The molecule has 0 spiro atoms. The fourth-order valence-electron chi connectivity index (χ4n) is 2.77. The molecule has 0 unspecified atom stereocenters. The summed E-state index contributed by atoms with van der Waals surface area (Å²) in [6.07, 6.45) is 0. The number of aromatic nitrogens is 5. The van der Waals surface area contributed by atoms with E-state index in [1.54, 1.807) is 36.4 Å². The zero-order chi connectivity index (χ0) is 20.4. The van der Waals surface area contributed by atoms with Crippen molar-refractivity contribution >= 4 is 22.8 Å². The van der Waals surface area contributed by atoms with Crippen molar-refractivity contribution in [3.8, 4) is 5.75 Å². The molecule has 0 radical (unpaired) electrons. The van der Waals surface area contributed by atoms with Crippen molar-refractivity contribution in [3.63, 3.8) is 0 Å². The first kappa shape index (κ1) is 18.3. The Kier molecular flexibility index (Phi) is 4.73. The third-order valence-electron chi connectivity index (χ3n) is 4.19. The van der Waals surface area contributed by atoms with Crippen molar-refractivity contribution in [2.75, 3.05) is 12.4 Å². The summed E-state index contributed by atoms with van der Waals surface area (Å²) in [7, 11) is 1.48. The standard InChI is InChI=1S/C19H15FN6O3/c1-29-14-5-3-2-4-13(14)21-19(28)16-22-17-15(18(27)23-16)24-25-26(17)10-11-6-8-12(20)9-7-11/h2-9H,10H2,1H3,(H,21,28)(H,22,23,27). The number of amides is 1. The molecule has 0 atom stereocenters. The van der Waals surface area contributed by atoms with Gasteiger partial charge in [0.1, 0.15) is 11.6 Å². The zero-order valence-electron chi connectivity index (χ0n) is 15.2. The number of rotatable bonds is 5. The van der Waals surface area contributed by atoms with Gasteiger partial charge < -0.3 is 15.0 Å². The number of nitrogens with one attached hydrogen (secondary N) is 2. The van der Waals surface area contributed by atoms with E-state index in [2.05, 4.69) is 25.6 Å². The predicted molar refractivity (Wildman–Crippen MR) is 102 cm³/mol. The lowest BCUT2D eigenvalue weighted by atomic mass is 10.2. The lowest BCUT2D eigenvalue weighted by Crippen LogP contribution is -2.22. The predicted octanol–water partition coefficient (Wildman–Crippen LogP) is 1.96. The molecular formula is C19H15FN6O3. The summed E-state index contributed by atoms with van der Waals surface area (Å²) in [5, 5.41) is 10.4. The Morgan fingerprint density at radius 1 is 1.21 bits per heavy atom. The number of para-hydroxylation sites is 2. The highest BCUT2D eigenvalue weighted by Gasteiger charge is 2.17. The zero-order valence-corrected chi connectivity index (χ0v) is 15.2. The van der Waals surface area contributed by atoms with Gasteiger partial charge in [0.25, 0.3) is 11.5 Å². The number of methoxy groups -OCH3 is 1. The Morgan fingerprint density at radius 3 is 2.72 bits per heavy atom. The van der Waals surface area contributed by atoms with E-state index in [1.807, 2.05) is 0 Å². The van der Waals surface area contributed by atoms with Gasteiger partial charge in [-0.25, -0.2) is 14.1 Å². The van der Waals surface area contributed by atoms with E-state index in [0.717, 1.165) is 5.56 Å². The minimum absolute atomic E-state index is 0.000883. The van der Waals surface area contributed by atoms with Crippen LogP contribution in [0.5, 0.6) is 5.75 Å². The number of H-pyrrole nitrogens is 1. The fourth-order valence-corrected chi connectivity index (χ4v) is 2.77. The van der Waals surface area contributed by atoms with Gasteiger partial charge in [0.05, 0.1) is 19.3 Å². The Balaban J connectivity index is 1.67. The van der Waals surface area contributed by atoms with Crippen molar-refractivity contribution in [3.05, 3.63) is 76.1 Å². The van der Waals surface area contributed by atoms with E-state index >= 15 is 0 Å². The van der Waals surface area contributed by atoms with Gasteiger partial charge in [0.2, 0.25) is 5.82 Å². The van der Waals surface area contributed by atoms with Crippen LogP contribution >= 0.6 is 0 Å². The van der Waals surface area contributed by atoms with Crippen LogP contribution < -0.4 is 15.6 Å². The van der Waals surface area contributed by atoms with E-state index < -0.39 is 11.5 Å². The first-order chi connectivity index (χ1) is 14.0. The van der Waals surface area contributed by atoms with Gasteiger partial charge in [0.15, 0.2) is 11.2 Å². The number of aromatic amines is 1. The molecule has 146 valence electrons. The second-order valence-corrected chi connectivity index (χ2v) is 6.11. The molecule has 9 nitrogen and oxygen atoms in total. The average molecular weight is 394 g/mol. The Hall–Kier alpha value is -4.08. The lowest BCUT2D eigenvalue weighted by molar-refractivity contribution is 0.101. The average Bonchev–Trinajstić information content (AvgIpc) is 3.13. The van der Waals surface area contributed by atoms with E-state index in [9.17, 15) is 14.0 Å². The number of nitrogens with zero attached hydrogens (tertiary/aromatic N) is 4. The van der Waals surface area contributed by atoms with Crippen LogP contribution in [0.3, 0.4) is 0 Å². The molecule has 0 saturated heterocycles. The topological polar surface area (TPSA) is 115 Å². The molecule has 10 heteroatoms. The molecule has 29 heavy (non-hydrogen) atoms. The molecule has 4 rings (SSSR count). The van der Waals surface area contributed by atoms with E-state index in [1.165, 1.54) is 23.9 Å². The Bertz CT molecular complexity index is 1250. The maximum absolute atomic E-state index is 13.1. The van der Waals surface area contributed by atoms with E-state index in [4.69, 9.17) is 4.74 Å². The first-order valence-corrected chi connectivity index (χ1v) is 8.57. The Morgan fingerprint density at radius 2 is 1.97 bits per heavy atom. The smallest absolute Gasteiger partial charge is 0.291 e. The third kappa shape index (κ3) is 3.68. The number of hydrogen-bond donors (Lipinski definition) is 2. The van der Waals surface area contributed by atoms with Gasteiger partial charge >= 0.3 is 0 Å². The van der Waals surface area contributed by atoms with Crippen molar-refractivity contribution < 1.29 is 13.9 Å². The van der Waals surface area contributed by atoms with Crippen LogP contribution in [0, 0.1) is 5.82 Å². The quantitative estimate of drug-likeness (QED) is 0.535. The summed E-state index contributed by atoms with van der Waals surface area (Å²) < 4.78 is 19.7. The molecule has 0 aliphatic heterocycles. The van der Waals surface area contributed by atoms with Crippen LogP contribution in [-0.4, -0.2) is 38.0 Å². The number of ether oxygens (including phenoxy) is 1. The minimum atomic E-state index is -0.622. The van der Waals surface area contributed by atoms with Crippen LogP contribution in [0.25, 0.3) is 11.2 Å². The number of carbonyl (C=O) groups is 1. The summed E-state index contributed by atoms with van der Waals surface area (Å²) in [5.74, 6) is -0.714. The summed E-state index contributed by atoms with van der Waals surface area (Å²) in [5.41, 5.74) is 0.718. The number of halogens is 1. The molecule has 2 aromatic heterocycles. The van der Waals surface area contributed by atoms with Crippen LogP contribution in [0.15, 0.2) is 53.3 Å². The van der Waals surface area contributed by atoms with Gasteiger partial charge in [-0.3, -0.25) is 9.59 Å². The number of benzene rings is 2.